The van der Waals surface area contributed by atoms with Crippen LogP contribution < -0.4 is 0 Å². The number of allylic oxidation sites excluding steroid dienone is 2. The van der Waals surface area contributed by atoms with Crippen molar-refractivity contribution in [3.63, 3.8) is 0 Å². The fourth-order valence-corrected chi connectivity index (χ4v) is 7.85. The Kier molecular flexibility index (Phi) is 7.73. The van der Waals surface area contributed by atoms with Crippen molar-refractivity contribution in [1.82, 2.24) is 0 Å². The lowest BCUT2D eigenvalue weighted by atomic mass is 9.61. The van der Waals surface area contributed by atoms with Gasteiger partial charge in [-0.25, -0.2) is 0 Å². The van der Waals surface area contributed by atoms with Crippen molar-refractivity contribution in [3.8, 4) is 0 Å². The van der Waals surface area contributed by atoms with Crippen molar-refractivity contribution in [2.45, 2.75) is 91.0 Å². The van der Waals surface area contributed by atoms with Gasteiger partial charge in [0.2, 0.25) is 0 Å². The zero-order valence-electron chi connectivity index (χ0n) is 20.3. The molecule has 3 aliphatic carbocycles. The molecule has 6 heteroatoms. The van der Waals surface area contributed by atoms with Crippen LogP contribution in [0, 0.1) is 23.2 Å². The number of carbonyl (C=O) groups is 2. The third-order valence-electron chi connectivity index (χ3n) is 8.54. The van der Waals surface area contributed by atoms with Crippen molar-refractivity contribution in [1.29, 1.82) is 0 Å². The molecular weight excluding hydrogens is 531 g/mol. The second-order valence-corrected chi connectivity index (χ2v) is 11.3. The van der Waals surface area contributed by atoms with Gasteiger partial charge < -0.3 is 14.2 Å². The highest BCUT2D eigenvalue weighted by Gasteiger charge is 2.50. The molecule has 0 amide bonds. The third-order valence-corrected chi connectivity index (χ3v) is 8.96. The lowest BCUT2D eigenvalue weighted by molar-refractivity contribution is -0.151. The van der Waals surface area contributed by atoms with Gasteiger partial charge in [-0.3, -0.25) is 9.59 Å². The van der Waals surface area contributed by atoms with E-state index in [2.05, 4.69) is 52.7 Å². The van der Waals surface area contributed by atoms with Crippen molar-refractivity contribution < 1.29 is 23.8 Å². The van der Waals surface area contributed by atoms with E-state index in [9.17, 15) is 9.59 Å². The quantitative estimate of drug-likeness (QED) is 0.229. The van der Waals surface area contributed by atoms with E-state index in [1.165, 1.54) is 45.1 Å². The molecule has 0 saturated heterocycles. The van der Waals surface area contributed by atoms with Crippen molar-refractivity contribution in [2.75, 3.05) is 6.61 Å². The van der Waals surface area contributed by atoms with Crippen LogP contribution >= 0.6 is 22.6 Å². The fourth-order valence-electron chi connectivity index (χ4n) is 7.19. The van der Waals surface area contributed by atoms with Crippen molar-refractivity contribution >= 4 is 34.5 Å². The number of halogens is 1. The molecule has 2 fully saturated rings. The SMILES string of the molecule is CC(=O)O[C@@H]1CC2=C(COC2/C=C2\CCC[C@]3(C)[C@@H]([C@H](C)/C=C/I)CC[C@@H]23)[C@@H](OC(C)=O)C1. The first-order valence-electron chi connectivity index (χ1n) is 12.4. The number of carbonyl (C=O) groups excluding carboxylic acids is 2. The first-order valence-corrected chi connectivity index (χ1v) is 13.6. The Bertz CT molecular complexity index is 874. The molecule has 0 aromatic heterocycles. The van der Waals surface area contributed by atoms with Crippen molar-refractivity contribution in [2.24, 2.45) is 23.2 Å². The monoisotopic (exact) mass is 568 g/mol. The van der Waals surface area contributed by atoms with Crippen LogP contribution in [-0.4, -0.2) is 36.9 Å². The van der Waals surface area contributed by atoms with Gasteiger partial charge in [0.15, 0.2) is 0 Å². The summed E-state index contributed by atoms with van der Waals surface area (Å²) in [5.41, 5.74) is 4.09. The highest BCUT2D eigenvalue weighted by Crippen LogP contribution is 2.59. The summed E-state index contributed by atoms with van der Waals surface area (Å²) in [4.78, 5) is 23.3. The predicted molar refractivity (Wildman–Crippen MR) is 136 cm³/mol. The minimum absolute atomic E-state index is 0.112. The maximum Gasteiger partial charge on any atom is 0.303 e. The van der Waals surface area contributed by atoms with E-state index in [1.807, 2.05) is 0 Å². The second-order valence-electron chi connectivity index (χ2n) is 10.6. The minimum atomic E-state index is -0.368. The second kappa shape index (κ2) is 10.2. The highest BCUT2D eigenvalue weighted by atomic mass is 127. The van der Waals surface area contributed by atoms with Gasteiger partial charge in [-0.2, -0.15) is 0 Å². The Morgan fingerprint density at radius 3 is 2.64 bits per heavy atom. The Balaban J connectivity index is 1.59. The number of esters is 2. The number of hydrogen-bond donors (Lipinski definition) is 0. The standard InChI is InChI=1S/C27H37IO5/c1-16(9-11-28)23-7-8-24-19(6-5-10-27(23,24)4)12-25-21-13-20(32-17(2)29)14-26(33-18(3)30)22(21)15-31-25/h9,11-12,16,20,23-26H,5-8,10,13-15H2,1-4H3/b11-9+,19-12+/t16-,20-,23-,24+,25?,26+,27-/m1/s1. The molecule has 0 radical (unpaired) electrons. The van der Waals surface area contributed by atoms with Gasteiger partial charge in [-0.15, -0.1) is 0 Å². The van der Waals surface area contributed by atoms with Gasteiger partial charge in [-0.05, 0) is 70.5 Å². The van der Waals surface area contributed by atoms with E-state index in [4.69, 9.17) is 14.2 Å². The van der Waals surface area contributed by atoms with Crippen LogP contribution in [0.2, 0.25) is 0 Å². The topological polar surface area (TPSA) is 61.8 Å². The van der Waals surface area contributed by atoms with Crippen LogP contribution in [0.25, 0.3) is 0 Å². The molecule has 0 aromatic carbocycles. The largest absolute Gasteiger partial charge is 0.462 e. The molecular formula is C27H37IO5. The van der Waals surface area contributed by atoms with E-state index >= 15 is 0 Å². The molecule has 4 aliphatic rings. The maximum atomic E-state index is 11.7. The van der Waals surface area contributed by atoms with E-state index < -0.39 is 0 Å². The zero-order chi connectivity index (χ0) is 23.8. The summed E-state index contributed by atoms with van der Waals surface area (Å²) < 4.78 is 19.6. The van der Waals surface area contributed by atoms with Crippen molar-refractivity contribution in [3.05, 3.63) is 33.0 Å². The average molecular weight is 568 g/mol. The summed E-state index contributed by atoms with van der Waals surface area (Å²) >= 11 is 2.34. The van der Waals surface area contributed by atoms with Gasteiger partial charge in [0.1, 0.15) is 12.2 Å². The molecule has 7 atom stereocenters. The van der Waals surface area contributed by atoms with Crippen LogP contribution in [-0.2, 0) is 23.8 Å². The molecule has 0 spiro atoms. The van der Waals surface area contributed by atoms with Crippen LogP contribution in [0.15, 0.2) is 33.0 Å². The molecule has 33 heavy (non-hydrogen) atoms. The highest BCUT2D eigenvalue weighted by molar-refractivity contribution is 14.1. The summed E-state index contributed by atoms with van der Waals surface area (Å²) in [6.45, 7) is 8.22. The van der Waals surface area contributed by atoms with Crippen LogP contribution in [0.5, 0.6) is 0 Å². The third kappa shape index (κ3) is 5.12. The molecule has 1 unspecified atom stereocenters. The van der Waals surface area contributed by atoms with Gasteiger partial charge in [-0.1, -0.05) is 54.2 Å². The van der Waals surface area contributed by atoms with Crippen LogP contribution in [0.4, 0.5) is 0 Å². The first kappa shape index (κ1) is 25.0. The lowest BCUT2D eigenvalue weighted by Gasteiger charge is -2.44. The Morgan fingerprint density at radius 1 is 1.18 bits per heavy atom. The van der Waals surface area contributed by atoms with Crippen LogP contribution in [0.1, 0.15) is 72.6 Å². The molecule has 0 aromatic rings. The van der Waals surface area contributed by atoms with Gasteiger partial charge in [0.25, 0.3) is 0 Å². The maximum absolute atomic E-state index is 11.7. The first-order chi connectivity index (χ1) is 15.7. The van der Waals surface area contributed by atoms with Crippen LogP contribution in [0.3, 0.4) is 0 Å². The number of fused-ring (bicyclic) bond motifs is 1. The van der Waals surface area contributed by atoms with E-state index in [0.717, 1.165) is 17.6 Å². The Morgan fingerprint density at radius 2 is 1.94 bits per heavy atom. The van der Waals surface area contributed by atoms with E-state index in [1.54, 1.807) is 0 Å². The summed E-state index contributed by atoms with van der Waals surface area (Å²) in [7, 11) is 0. The number of rotatable bonds is 5. The normalized spacial score (nSPS) is 38.3. The summed E-state index contributed by atoms with van der Waals surface area (Å²) in [6, 6.07) is 0. The van der Waals surface area contributed by atoms with Gasteiger partial charge >= 0.3 is 11.9 Å². The molecule has 4 rings (SSSR count). The molecule has 1 aliphatic heterocycles. The fraction of sp³-hybridized carbons (Fsp3) is 0.704. The molecule has 0 N–H and O–H groups in total. The van der Waals surface area contributed by atoms with E-state index in [-0.39, 0.29) is 30.3 Å². The molecule has 2 saturated carbocycles. The molecule has 1 heterocycles. The summed E-state index contributed by atoms with van der Waals surface area (Å²) in [5, 5.41) is 0. The summed E-state index contributed by atoms with van der Waals surface area (Å²) in [5.74, 6) is 1.31. The molecule has 5 nitrogen and oxygen atoms in total. The smallest absolute Gasteiger partial charge is 0.303 e. The average Bonchev–Trinajstić information content (AvgIpc) is 3.29. The zero-order valence-corrected chi connectivity index (χ0v) is 22.4. The van der Waals surface area contributed by atoms with Gasteiger partial charge in [0, 0.05) is 26.7 Å². The van der Waals surface area contributed by atoms with Gasteiger partial charge in [0.05, 0.1) is 12.7 Å². The number of ether oxygens (including phenoxy) is 3. The molecule has 182 valence electrons. The lowest BCUT2D eigenvalue weighted by Crippen LogP contribution is -2.36. The molecule has 0 bridgehead atoms. The number of hydrogen-bond acceptors (Lipinski definition) is 5. The predicted octanol–water partition coefficient (Wildman–Crippen LogP) is 6.07. The Labute approximate surface area is 211 Å². The minimum Gasteiger partial charge on any atom is -0.462 e. The summed E-state index contributed by atoms with van der Waals surface area (Å²) in [6.07, 6.45) is 11.3. The Hall–Kier alpha value is -1.15. The van der Waals surface area contributed by atoms with E-state index in [0.29, 0.717) is 42.6 Å².